The topological polar surface area (TPSA) is 56.5 Å². The maximum absolute atomic E-state index is 12.0. The molecule has 0 amide bonds. The van der Waals surface area contributed by atoms with Crippen LogP contribution < -0.4 is 0 Å². The van der Waals surface area contributed by atoms with Gasteiger partial charge in [0.25, 0.3) is 0 Å². The van der Waals surface area contributed by atoms with Crippen LogP contribution in [0.4, 0.5) is 0 Å². The molecular weight excluding hydrogens is 256 g/mol. The van der Waals surface area contributed by atoms with E-state index in [9.17, 15) is 9.59 Å². The fraction of sp³-hybridized carbons (Fsp3) is 0.375. The van der Waals surface area contributed by atoms with Crippen molar-refractivity contribution in [2.24, 2.45) is 0 Å². The van der Waals surface area contributed by atoms with Crippen LogP contribution in [0.25, 0.3) is 5.57 Å². The summed E-state index contributed by atoms with van der Waals surface area (Å²) in [5.74, 6) is 0.371. The van der Waals surface area contributed by atoms with E-state index in [4.69, 9.17) is 9.15 Å². The van der Waals surface area contributed by atoms with E-state index < -0.39 is 11.9 Å². The van der Waals surface area contributed by atoms with E-state index in [-0.39, 0.29) is 0 Å². The number of cyclic esters (lactones) is 2. The maximum atomic E-state index is 12.0. The monoisotopic (exact) mass is 274 g/mol. The zero-order valence-electron chi connectivity index (χ0n) is 12.4. The van der Waals surface area contributed by atoms with E-state index in [2.05, 4.69) is 0 Å². The Balaban J connectivity index is 2.69. The van der Waals surface area contributed by atoms with Gasteiger partial charge in [-0.25, -0.2) is 9.59 Å². The second kappa shape index (κ2) is 5.12. The number of hydrogen-bond donors (Lipinski definition) is 0. The minimum atomic E-state index is -0.575. The summed E-state index contributed by atoms with van der Waals surface area (Å²) >= 11 is 0. The molecule has 2 heterocycles. The number of esters is 2. The summed E-state index contributed by atoms with van der Waals surface area (Å²) in [6.45, 7) is 9.29. The van der Waals surface area contributed by atoms with Gasteiger partial charge in [0.15, 0.2) is 0 Å². The van der Waals surface area contributed by atoms with Crippen LogP contribution in [0, 0.1) is 13.8 Å². The third-order valence-electron chi connectivity index (χ3n) is 3.62. The molecule has 0 N–H and O–H groups in total. The van der Waals surface area contributed by atoms with E-state index in [1.54, 1.807) is 0 Å². The van der Waals surface area contributed by atoms with Gasteiger partial charge in [0.1, 0.15) is 11.5 Å². The van der Waals surface area contributed by atoms with Gasteiger partial charge in [0.2, 0.25) is 0 Å². The lowest BCUT2D eigenvalue weighted by Crippen LogP contribution is -2.00. The smallest absolute Gasteiger partial charge is 0.347 e. The molecule has 1 aliphatic heterocycles. The van der Waals surface area contributed by atoms with Crippen LogP contribution in [0.2, 0.25) is 0 Å². The molecule has 1 aromatic heterocycles. The SMILES string of the molecule is CC/C(C)=C1/C(=O)OC(=O)/C1=C(/C)c1cc(C)oc1C. The van der Waals surface area contributed by atoms with Gasteiger partial charge in [-0.05, 0) is 45.8 Å². The summed E-state index contributed by atoms with van der Waals surface area (Å²) in [4.78, 5) is 23.8. The molecule has 1 fully saturated rings. The molecule has 0 spiro atoms. The Morgan fingerprint density at radius 1 is 1.10 bits per heavy atom. The van der Waals surface area contributed by atoms with E-state index >= 15 is 0 Å². The molecule has 0 unspecified atom stereocenters. The first kappa shape index (κ1) is 14.3. The van der Waals surface area contributed by atoms with E-state index in [0.29, 0.717) is 17.6 Å². The van der Waals surface area contributed by atoms with Gasteiger partial charge in [0, 0.05) is 5.56 Å². The van der Waals surface area contributed by atoms with Crippen LogP contribution in [0.3, 0.4) is 0 Å². The van der Waals surface area contributed by atoms with Crippen LogP contribution in [-0.2, 0) is 14.3 Å². The first-order valence-electron chi connectivity index (χ1n) is 6.61. The first-order chi connectivity index (χ1) is 9.36. The molecule has 4 heteroatoms. The molecule has 20 heavy (non-hydrogen) atoms. The molecule has 0 bridgehead atoms. The molecule has 1 aromatic rings. The summed E-state index contributed by atoms with van der Waals surface area (Å²) in [7, 11) is 0. The average molecular weight is 274 g/mol. The van der Waals surface area contributed by atoms with Crippen molar-refractivity contribution in [3.05, 3.63) is 39.9 Å². The zero-order chi connectivity index (χ0) is 15.0. The predicted octanol–water partition coefficient (Wildman–Crippen LogP) is 3.48. The summed E-state index contributed by atoms with van der Waals surface area (Å²) in [5, 5.41) is 0. The van der Waals surface area contributed by atoms with E-state index in [1.165, 1.54) is 0 Å². The number of carbonyl (C=O) groups excluding carboxylic acids is 2. The lowest BCUT2D eigenvalue weighted by Gasteiger charge is -2.05. The Hall–Kier alpha value is -2.10. The molecule has 0 aromatic carbocycles. The lowest BCUT2D eigenvalue weighted by molar-refractivity contribution is -0.149. The fourth-order valence-corrected chi connectivity index (χ4v) is 2.43. The van der Waals surface area contributed by atoms with Gasteiger partial charge < -0.3 is 9.15 Å². The Morgan fingerprint density at radius 2 is 1.70 bits per heavy atom. The summed E-state index contributed by atoms with van der Waals surface area (Å²) in [6, 6.07) is 1.87. The van der Waals surface area contributed by atoms with Gasteiger partial charge >= 0.3 is 11.9 Å². The molecular formula is C16H18O4. The van der Waals surface area contributed by atoms with Crippen molar-refractivity contribution in [3.63, 3.8) is 0 Å². The minimum absolute atomic E-state index is 0.359. The third-order valence-corrected chi connectivity index (χ3v) is 3.62. The van der Waals surface area contributed by atoms with Crippen molar-refractivity contribution in [2.75, 3.05) is 0 Å². The summed E-state index contributed by atoms with van der Waals surface area (Å²) in [5.41, 5.74) is 3.17. The number of ether oxygens (including phenoxy) is 1. The van der Waals surface area contributed by atoms with Crippen LogP contribution in [0.1, 0.15) is 44.3 Å². The molecule has 1 saturated heterocycles. The maximum Gasteiger partial charge on any atom is 0.347 e. The highest BCUT2D eigenvalue weighted by atomic mass is 16.6. The van der Waals surface area contributed by atoms with Crippen LogP contribution >= 0.6 is 0 Å². The molecule has 0 atom stereocenters. The van der Waals surface area contributed by atoms with Crippen molar-refractivity contribution >= 4 is 17.5 Å². The Morgan fingerprint density at radius 3 is 2.20 bits per heavy atom. The number of aryl methyl sites for hydroxylation is 2. The van der Waals surface area contributed by atoms with E-state index in [0.717, 1.165) is 28.2 Å². The number of hydrogen-bond acceptors (Lipinski definition) is 4. The Labute approximate surface area is 118 Å². The third kappa shape index (κ3) is 2.22. The van der Waals surface area contributed by atoms with Crippen molar-refractivity contribution < 1.29 is 18.7 Å². The first-order valence-corrected chi connectivity index (χ1v) is 6.61. The Kier molecular flexibility index (Phi) is 3.66. The standard InChI is InChI=1S/C16H18O4/c1-6-8(2)13-14(16(18)20-15(13)17)10(4)12-7-9(3)19-11(12)5/h7H,6H2,1-5H3/b13-8+,14-10-. The number of rotatable bonds is 2. The lowest BCUT2D eigenvalue weighted by atomic mass is 9.94. The normalized spacial score (nSPS) is 20.2. The number of carbonyl (C=O) groups is 2. The highest BCUT2D eigenvalue weighted by molar-refractivity contribution is 6.22. The highest BCUT2D eigenvalue weighted by Gasteiger charge is 2.36. The summed E-state index contributed by atoms with van der Waals surface area (Å²) < 4.78 is 10.3. The zero-order valence-corrected chi connectivity index (χ0v) is 12.4. The number of furan rings is 1. The van der Waals surface area contributed by atoms with E-state index in [1.807, 2.05) is 40.7 Å². The molecule has 1 aliphatic rings. The van der Waals surface area contributed by atoms with Gasteiger partial charge in [-0.15, -0.1) is 0 Å². The Bertz CT molecular complexity index is 656. The minimum Gasteiger partial charge on any atom is -0.466 e. The molecule has 0 radical (unpaired) electrons. The molecule has 2 rings (SSSR count). The largest absolute Gasteiger partial charge is 0.466 e. The molecule has 0 aliphatic carbocycles. The molecule has 4 nitrogen and oxygen atoms in total. The molecule has 0 saturated carbocycles. The van der Waals surface area contributed by atoms with Crippen LogP contribution in [-0.4, -0.2) is 11.9 Å². The number of allylic oxidation sites excluding steroid dienone is 2. The van der Waals surface area contributed by atoms with Crippen molar-refractivity contribution in [2.45, 2.75) is 41.0 Å². The average Bonchev–Trinajstić information content (AvgIpc) is 2.86. The van der Waals surface area contributed by atoms with Gasteiger partial charge in [-0.2, -0.15) is 0 Å². The van der Waals surface area contributed by atoms with Gasteiger partial charge in [-0.1, -0.05) is 12.5 Å². The summed E-state index contributed by atoms with van der Waals surface area (Å²) in [6.07, 6.45) is 0.692. The van der Waals surface area contributed by atoms with Crippen LogP contribution in [0.5, 0.6) is 0 Å². The van der Waals surface area contributed by atoms with Crippen molar-refractivity contribution in [1.29, 1.82) is 0 Å². The van der Waals surface area contributed by atoms with Gasteiger partial charge in [-0.3, -0.25) is 0 Å². The van der Waals surface area contributed by atoms with Crippen LogP contribution in [0.15, 0.2) is 27.2 Å². The van der Waals surface area contributed by atoms with Crippen molar-refractivity contribution in [1.82, 2.24) is 0 Å². The quantitative estimate of drug-likeness (QED) is 0.470. The predicted molar refractivity (Wildman–Crippen MR) is 74.9 cm³/mol. The van der Waals surface area contributed by atoms with Crippen molar-refractivity contribution in [3.8, 4) is 0 Å². The second-order valence-corrected chi connectivity index (χ2v) is 5.01. The molecule has 106 valence electrons. The fourth-order valence-electron chi connectivity index (χ4n) is 2.43. The van der Waals surface area contributed by atoms with Gasteiger partial charge in [0.05, 0.1) is 11.1 Å². The second-order valence-electron chi connectivity index (χ2n) is 5.01. The highest BCUT2D eigenvalue weighted by Crippen LogP contribution is 2.34.